The maximum Gasteiger partial charge on any atom is 0.459 e. The van der Waals surface area contributed by atoms with Gasteiger partial charge in [-0.2, -0.15) is 5.09 Å². The van der Waals surface area contributed by atoms with Crippen LogP contribution in [-0.2, 0) is 23.4 Å². The van der Waals surface area contributed by atoms with Crippen LogP contribution in [0.4, 0.5) is 0 Å². The average molecular weight is 566 g/mol. The molecule has 1 fully saturated rings. The Morgan fingerprint density at radius 1 is 1.28 bits per heavy atom. The van der Waals surface area contributed by atoms with Gasteiger partial charge in [0.15, 0.2) is 10.6 Å². The van der Waals surface area contributed by atoms with E-state index in [1.807, 2.05) is 4.98 Å². The van der Waals surface area contributed by atoms with Gasteiger partial charge in [-0.05, 0) is 32.9 Å². The highest BCUT2D eigenvalue weighted by molar-refractivity contribution is 7.52. The number of aromatic nitrogens is 2. The monoisotopic (exact) mass is 565 g/mol. The molecule has 1 unspecified atom stereocenters. The van der Waals surface area contributed by atoms with Gasteiger partial charge in [-0.25, -0.2) is 9.36 Å². The lowest BCUT2D eigenvalue weighted by molar-refractivity contribution is -0.149. The van der Waals surface area contributed by atoms with E-state index in [-0.39, 0.29) is 12.4 Å². The maximum absolute atomic E-state index is 13.7. The molecule has 4 atom stereocenters. The summed E-state index contributed by atoms with van der Waals surface area (Å²) in [5.74, 6) is -0.539. The first kappa shape index (κ1) is 28.4. The molecule has 1 aliphatic rings. The van der Waals surface area contributed by atoms with Crippen LogP contribution in [0.5, 0.6) is 5.75 Å². The van der Waals surface area contributed by atoms with Gasteiger partial charge in [0, 0.05) is 12.3 Å². The zero-order valence-corrected chi connectivity index (χ0v) is 22.0. The predicted octanol–water partition coefficient (Wildman–Crippen LogP) is 2.10. The van der Waals surface area contributed by atoms with Crippen molar-refractivity contribution >= 4 is 36.9 Å². The quantitative estimate of drug-likeness (QED) is 0.221. The molecule has 12 nitrogen and oxygen atoms in total. The molecular weight excluding hydrogens is 540 g/mol. The minimum Gasteiger partial charge on any atom is -0.465 e. The molecule has 1 aromatic carbocycles. The Bertz CT molecular complexity index is 1230. The highest BCUT2D eigenvalue weighted by Crippen LogP contribution is 2.50. The number of aliphatic hydroxyl groups is 1. The van der Waals surface area contributed by atoms with Crippen LogP contribution in [-0.4, -0.2) is 55.9 Å². The molecule has 0 amide bonds. The van der Waals surface area contributed by atoms with Gasteiger partial charge < -0.3 is 19.1 Å². The number of halogens is 2. The zero-order chi connectivity index (χ0) is 26.7. The van der Waals surface area contributed by atoms with Gasteiger partial charge in [0.1, 0.15) is 23.5 Å². The molecule has 0 saturated carbocycles. The van der Waals surface area contributed by atoms with Crippen LogP contribution in [0.3, 0.4) is 0 Å². The van der Waals surface area contributed by atoms with E-state index in [0.29, 0.717) is 0 Å². The van der Waals surface area contributed by atoms with Crippen molar-refractivity contribution in [1.29, 1.82) is 0 Å². The molecule has 36 heavy (non-hydrogen) atoms. The lowest BCUT2D eigenvalue weighted by Crippen LogP contribution is -2.47. The number of H-pyrrole nitrogens is 1. The fourth-order valence-corrected chi connectivity index (χ4v) is 5.57. The summed E-state index contributed by atoms with van der Waals surface area (Å²) in [6.07, 6.45) is -3.22. The van der Waals surface area contributed by atoms with Gasteiger partial charge in [0.05, 0.1) is 13.2 Å². The van der Waals surface area contributed by atoms with Crippen molar-refractivity contribution < 1.29 is 33.0 Å². The van der Waals surface area contributed by atoms with E-state index in [9.17, 15) is 24.1 Å². The number of hydrogen-bond acceptors (Lipinski definition) is 9. The van der Waals surface area contributed by atoms with E-state index in [1.165, 1.54) is 26.0 Å². The molecule has 0 aliphatic carbocycles. The highest BCUT2D eigenvalue weighted by Gasteiger charge is 2.56. The van der Waals surface area contributed by atoms with Crippen molar-refractivity contribution in [3.05, 3.63) is 63.4 Å². The first-order valence-electron chi connectivity index (χ1n) is 10.8. The molecule has 2 heterocycles. The minimum atomic E-state index is -4.31. The fourth-order valence-electron chi connectivity index (χ4n) is 3.29. The van der Waals surface area contributed by atoms with Crippen molar-refractivity contribution in [3.63, 3.8) is 0 Å². The number of ether oxygens (including phenoxy) is 2. The summed E-state index contributed by atoms with van der Waals surface area (Å²) in [4.78, 5) is 38.0. The van der Waals surface area contributed by atoms with Crippen molar-refractivity contribution in [2.75, 3.05) is 13.2 Å². The summed E-state index contributed by atoms with van der Waals surface area (Å²) < 4.78 is 34.4. The summed E-state index contributed by atoms with van der Waals surface area (Å²) in [5.41, 5.74) is -3.02. The summed E-state index contributed by atoms with van der Waals surface area (Å²) in [6, 6.07) is 9.10. The van der Waals surface area contributed by atoms with Gasteiger partial charge in [0.2, 0.25) is 0 Å². The lowest BCUT2D eigenvalue weighted by atomic mass is 10.1. The van der Waals surface area contributed by atoms with Crippen molar-refractivity contribution in [2.24, 2.45) is 0 Å². The number of rotatable bonds is 10. The van der Waals surface area contributed by atoms with Crippen LogP contribution < -0.4 is 20.9 Å². The molecule has 3 N–H and O–H groups in total. The molecule has 2 aromatic rings. The van der Waals surface area contributed by atoms with Gasteiger partial charge in [-0.3, -0.25) is 23.7 Å². The van der Waals surface area contributed by atoms with Crippen molar-refractivity contribution in [3.8, 4) is 5.75 Å². The van der Waals surface area contributed by atoms with Gasteiger partial charge in [-0.1, -0.05) is 41.4 Å². The smallest absolute Gasteiger partial charge is 0.459 e. The molecular formula is C21H26Cl2N3O9P. The topological polar surface area (TPSA) is 158 Å². The van der Waals surface area contributed by atoms with E-state index in [4.69, 9.17) is 41.7 Å². The number of nitrogens with zero attached hydrogens (tertiary/aromatic N) is 1. The molecule has 1 saturated heterocycles. The van der Waals surface area contributed by atoms with Crippen LogP contribution in [0, 0.1) is 0 Å². The highest BCUT2D eigenvalue weighted by atomic mass is 35.5. The predicted molar refractivity (Wildman–Crippen MR) is 130 cm³/mol. The number of nitrogens with one attached hydrogen (secondary N) is 2. The third-order valence-electron chi connectivity index (χ3n) is 5.06. The first-order chi connectivity index (χ1) is 16.8. The Morgan fingerprint density at radius 2 is 1.94 bits per heavy atom. The van der Waals surface area contributed by atoms with Crippen molar-refractivity contribution in [1.82, 2.24) is 14.6 Å². The number of aliphatic hydroxyl groups excluding tert-OH is 1. The standard InChI is InChI=1S/C21H26Cl2N3O9P/c1-4-32-18(29)20(2,3)25-36(31,35-13-8-6-5-7-9-13)33-12-14-16(28)21(22,23)17(34-14)26-11-10-15(27)24-19(26)30/h5-11,14,16-17,28H,4,12H2,1-3H3,(H,25,31)(H,24,27,30)/t14-,16-,17-,36?/m1/s1. The maximum atomic E-state index is 13.7. The Balaban J connectivity index is 1.84. The SMILES string of the molecule is CCOC(=O)C(C)(C)NP(=O)(OC[C@H]1O[C@@H](n2ccc(=O)[nH]c2=O)C(Cl)(Cl)[C@@H]1O)Oc1ccccc1. The van der Waals surface area contributed by atoms with Crippen LogP contribution in [0.25, 0.3) is 0 Å². The van der Waals surface area contributed by atoms with E-state index in [0.717, 1.165) is 16.8 Å². The Kier molecular flexibility index (Phi) is 8.72. The second-order valence-corrected chi connectivity index (χ2v) is 11.4. The summed E-state index contributed by atoms with van der Waals surface area (Å²) in [7, 11) is -4.31. The Labute approximate surface area is 216 Å². The molecule has 0 spiro atoms. The minimum absolute atomic E-state index is 0.0930. The second-order valence-electron chi connectivity index (χ2n) is 8.32. The van der Waals surface area contributed by atoms with Gasteiger partial charge in [0.25, 0.3) is 5.56 Å². The summed E-state index contributed by atoms with van der Waals surface area (Å²) in [6.45, 7) is 4.00. The molecule has 0 radical (unpaired) electrons. The van der Waals surface area contributed by atoms with Crippen LogP contribution in [0.15, 0.2) is 52.2 Å². The average Bonchev–Trinajstić information content (AvgIpc) is 3.01. The number of benzene rings is 1. The molecule has 3 rings (SSSR count). The van der Waals surface area contributed by atoms with Gasteiger partial charge >= 0.3 is 19.4 Å². The zero-order valence-electron chi connectivity index (χ0n) is 19.6. The van der Waals surface area contributed by atoms with Crippen molar-refractivity contribution in [2.45, 2.75) is 49.1 Å². The molecule has 1 aromatic heterocycles. The number of hydrogen-bond donors (Lipinski definition) is 3. The number of para-hydroxylation sites is 1. The van der Waals surface area contributed by atoms with Crippen LogP contribution >= 0.6 is 30.9 Å². The second kappa shape index (κ2) is 11.1. The number of carbonyl (C=O) groups excluding carboxylic acids is 1. The third kappa shape index (κ3) is 6.38. The molecule has 1 aliphatic heterocycles. The van der Waals surface area contributed by atoms with E-state index in [2.05, 4.69) is 5.09 Å². The number of aromatic amines is 1. The van der Waals surface area contributed by atoms with Crippen LogP contribution in [0.2, 0.25) is 0 Å². The molecule has 0 bridgehead atoms. The van der Waals surface area contributed by atoms with Crippen LogP contribution in [0.1, 0.15) is 27.0 Å². The van der Waals surface area contributed by atoms with E-state index >= 15 is 0 Å². The normalized spacial score (nSPS) is 23.1. The largest absolute Gasteiger partial charge is 0.465 e. The fraction of sp³-hybridized carbons (Fsp3) is 0.476. The third-order valence-corrected chi connectivity index (χ3v) is 7.66. The number of carbonyl (C=O) groups is 1. The van der Waals surface area contributed by atoms with E-state index < -0.39 is 59.9 Å². The Hall–Kier alpha value is -2.18. The first-order valence-corrected chi connectivity index (χ1v) is 13.1. The summed E-state index contributed by atoms with van der Waals surface area (Å²) >= 11 is 12.6. The lowest BCUT2D eigenvalue weighted by Gasteiger charge is -2.29. The van der Waals surface area contributed by atoms with Gasteiger partial charge in [-0.15, -0.1) is 0 Å². The number of esters is 1. The number of alkyl halides is 2. The Morgan fingerprint density at radius 3 is 2.56 bits per heavy atom. The van der Waals surface area contributed by atoms with E-state index in [1.54, 1.807) is 25.1 Å². The molecule has 15 heteroatoms. The molecule has 198 valence electrons. The summed E-state index contributed by atoms with van der Waals surface area (Å²) in [5, 5.41) is 13.2.